The van der Waals surface area contributed by atoms with Crippen LogP contribution in [0, 0.1) is 11.7 Å². The lowest BCUT2D eigenvalue weighted by Crippen LogP contribution is -2.25. The van der Waals surface area contributed by atoms with E-state index in [1.807, 2.05) is 6.92 Å². The number of hydrogen-bond donors (Lipinski definition) is 1. The Bertz CT molecular complexity index is 597. The number of ketones is 2. The number of benzene rings is 1. The van der Waals surface area contributed by atoms with Crippen LogP contribution in [-0.2, 0) is 16.0 Å². The van der Waals surface area contributed by atoms with E-state index in [1.165, 1.54) is 30.3 Å². The molecular formula is C16H15FO3. The van der Waals surface area contributed by atoms with Crippen LogP contribution in [0.3, 0.4) is 0 Å². The molecule has 1 aliphatic rings. The van der Waals surface area contributed by atoms with Crippen molar-refractivity contribution in [2.24, 2.45) is 5.92 Å². The van der Waals surface area contributed by atoms with Crippen LogP contribution in [0.25, 0.3) is 0 Å². The molecule has 1 atom stereocenters. The van der Waals surface area contributed by atoms with E-state index in [9.17, 15) is 19.1 Å². The summed E-state index contributed by atoms with van der Waals surface area (Å²) in [5.41, 5.74) is 1.26. The summed E-state index contributed by atoms with van der Waals surface area (Å²) in [6.45, 7) is 1.84. The molecule has 0 aromatic heterocycles. The van der Waals surface area contributed by atoms with E-state index in [-0.39, 0.29) is 23.8 Å². The van der Waals surface area contributed by atoms with Crippen LogP contribution in [0.15, 0.2) is 47.7 Å². The Morgan fingerprint density at radius 1 is 1.30 bits per heavy atom. The number of hydrogen-bond acceptors (Lipinski definition) is 3. The van der Waals surface area contributed by atoms with Crippen LogP contribution in [0.4, 0.5) is 4.39 Å². The summed E-state index contributed by atoms with van der Waals surface area (Å²) in [7, 11) is 0. The quantitative estimate of drug-likeness (QED) is 0.859. The van der Waals surface area contributed by atoms with Crippen molar-refractivity contribution in [2.75, 3.05) is 0 Å². The molecule has 104 valence electrons. The summed E-state index contributed by atoms with van der Waals surface area (Å²) < 4.78 is 12.8. The maximum Gasteiger partial charge on any atom is 0.173 e. The molecule has 4 heteroatoms. The standard InChI is InChI=1S/C16H15FO3/c1-2-11-8-13(16(20)9-14(11)18)15(19)7-10-3-5-12(17)6-4-10/h3-6,8-9,13,18H,2,7H2,1H3. The van der Waals surface area contributed by atoms with Gasteiger partial charge in [0.05, 0.1) is 5.92 Å². The van der Waals surface area contributed by atoms with Gasteiger partial charge in [0.2, 0.25) is 0 Å². The minimum absolute atomic E-state index is 0.0664. The number of aliphatic hydroxyl groups is 1. The van der Waals surface area contributed by atoms with Crippen LogP contribution in [0.2, 0.25) is 0 Å². The molecule has 1 unspecified atom stereocenters. The summed E-state index contributed by atoms with van der Waals surface area (Å²) in [4.78, 5) is 24.0. The Balaban J connectivity index is 2.15. The molecule has 1 aromatic rings. The average Bonchev–Trinajstić information content (AvgIpc) is 2.41. The fourth-order valence-corrected chi connectivity index (χ4v) is 2.15. The zero-order valence-corrected chi connectivity index (χ0v) is 11.1. The molecular weight excluding hydrogens is 259 g/mol. The van der Waals surface area contributed by atoms with Gasteiger partial charge in [-0.1, -0.05) is 25.1 Å². The first-order chi connectivity index (χ1) is 9.51. The third kappa shape index (κ3) is 3.02. The molecule has 1 aromatic carbocycles. The van der Waals surface area contributed by atoms with Crippen LogP contribution in [0.1, 0.15) is 18.9 Å². The van der Waals surface area contributed by atoms with E-state index in [1.54, 1.807) is 0 Å². The Kier molecular flexibility index (Phi) is 4.13. The lowest BCUT2D eigenvalue weighted by molar-refractivity contribution is -0.128. The highest BCUT2D eigenvalue weighted by atomic mass is 19.1. The molecule has 0 heterocycles. The molecule has 0 fully saturated rings. The van der Waals surface area contributed by atoms with Crippen molar-refractivity contribution in [1.82, 2.24) is 0 Å². The van der Waals surface area contributed by atoms with Crippen molar-refractivity contribution in [1.29, 1.82) is 0 Å². The average molecular weight is 274 g/mol. The minimum atomic E-state index is -0.856. The van der Waals surface area contributed by atoms with Crippen LogP contribution in [-0.4, -0.2) is 16.7 Å². The van der Waals surface area contributed by atoms with Gasteiger partial charge in [0.1, 0.15) is 11.6 Å². The second-order valence-electron chi connectivity index (χ2n) is 4.72. The second kappa shape index (κ2) is 5.82. The molecule has 20 heavy (non-hydrogen) atoms. The highest BCUT2D eigenvalue weighted by molar-refractivity contribution is 6.11. The lowest BCUT2D eigenvalue weighted by atomic mass is 9.87. The van der Waals surface area contributed by atoms with E-state index in [0.29, 0.717) is 17.6 Å². The van der Waals surface area contributed by atoms with Crippen molar-refractivity contribution in [2.45, 2.75) is 19.8 Å². The highest BCUT2D eigenvalue weighted by Crippen LogP contribution is 2.23. The van der Waals surface area contributed by atoms with Crippen molar-refractivity contribution >= 4 is 11.6 Å². The molecule has 2 rings (SSSR count). The SMILES string of the molecule is CCC1=CC(C(=O)Cc2ccc(F)cc2)C(=O)C=C1O. The largest absolute Gasteiger partial charge is 0.508 e. The summed E-state index contributed by atoms with van der Waals surface area (Å²) in [5.74, 6) is -1.95. The minimum Gasteiger partial charge on any atom is -0.508 e. The maximum absolute atomic E-state index is 12.8. The summed E-state index contributed by atoms with van der Waals surface area (Å²) >= 11 is 0. The van der Waals surface area contributed by atoms with Crippen LogP contribution in [0.5, 0.6) is 0 Å². The number of halogens is 1. The van der Waals surface area contributed by atoms with E-state index in [0.717, 1.165) is 6.08 Å². The molecule has 3 nitrogen and oxygen atoms in total. The normalized spacial score (nSPS) is 18.5. The lowest BCUT2D eigenvalue weighted by Gasteiger charge is -2.16. The van der Waals surface area contributed by atoms with E-state index in [2.05, 4.69) is 0 Å². The smallest absolute Gasteiger partial charge is 0.173 e. The van der Waals surface area contributed by atoms with Crippen molar-refractivity contribution in [3.63, 3.8) is 0 Å². The fraction of sp³-hybridized carbons (Fsp3) is 0.250. The van der Waals surface area contributed by atoms with E-state index >= 15 is 0 Å². The number of carbonyl (C=O) groups is 2. The molecule has 0 radical (unpaired) electrons. The zero-order valence-electron chi connectivity index (χ0n) is 11.1. The summed E-state index contributed by atoms with van der Waals surface area (Å²) in [5, 5.41) is 9.58. The molecule has 0 aliphatic heterocycles. The molecule has 1 N–H and O–H groups in total. The van der Waals surface area contributed by atoms with E-state index in [4.69, 9.17) is 0 Å². The Hall–Kier alpha value is -2.23. The molecule has 0 saturated heterocycles. The number of Topliss-reactive ketones (excluding diaryl/α,β-unsaturated/α-hetero) is 1. The third-order valence-electron chi connectivity index (χ3n) is 3.30. The third-order valence-corrected chi connectivity index (χ3v) is 3.30. The van der Waals surface area contributed by atoms with Crippen LogP contribution < -0.4 is 0 Å². The van der Waals surface area contributed by atoms with Crippen molar-refractivity contribution in [3.05, 3.63) is 59.1 Å². The van der Waals surface area contributed by atoms with Gasteiger partial charge in [0.15, 0.2) is 11.6 Å². The summed E-state index contributed by atoms with van der Waals surface area (Å²) in [6, 6.07) is 5.62. The van der Waals surface area contributed by atoms with Crippen molar-refractivity contribution < 1.29 is 19.1 Å². The number of aliphatic hydroxyl groups excluding tert-OH is 1. The van der Waals surface area contributed by atoms with Gasteiger partial charge in [0, 0.05) is 12.5 Å². The van der Waals surface area contributed by atoms with Crippen LogP contribution >= 0.6 is 0 Å². The first-order valence-corrected chi connectivity index (χ1v) is 6.44. The van der Waals surface area contributed by atoms with Gasteiger partial charge >= 0.3 is 0 Å². The first kappa shape index (κ1) is 14.2. The number of allylic oxidation sites excluding steroid dienone is 3. The van der Waals surface area contributed by atoms with Crippen molar-refractivity contribution in [3.8, 4) is 0 Å². The maximum atomic E-state index is 12.8. The zero-order chi connectivity index (χ0) is 14.7. The Morgan fingerprint density at radius 3 is 2.55 bits per heavy atom. The van der Waals surface area contributed by atoms with Gasteiger partial charge in [-0.25, -0.2) is 4.39 Å². The van der Waals surface area contributed by atoms with Gasteiger partial charge in [-0.15, -0.1) is 0 Å². The Labute approximate surface area is 116 Å². The van der Waals surface area contributed by atoms with Gasteiger partial charge in [0.25, 0.3) is 0 Å². The van der Waals surface area contributed by atoms with Gasteiger partial charge in [-0.05, 0) is 29.7 Å². The van der Waals surface area contributed by atoms with Gasteiger partial charge < -0.3 is 5.11 Å². The number of carbonyl (C=O) groups excluding carboxylic acids is 2. The topological polar surface area (TPSA) is 54.4 Å². The van der Waals surface area contributed by atoms with Gasteiger partial charge in [-0.3, -0.25) is 9.59 Å². The highest BCUT2D eigenvalue weighted by Gasteiger charge is 2.27. The predicted octanol–water partition coefficient (Wildman–Crippen LogP) is 2.91. The van der Waals surface area contributed by atoms with Gasteiger partial charge in [-0.2, -0.15) is 0 Å². The number of rotatable bonds is 4. The summed E-state index contributed by atoms with van der Waals surface area (Å²) in [6.07, 6.45) is 3.24. The molecule has 1 aliphatic carbocycles. The van der Waals surface area contributed by atoms with E-state index < -0.39 is 11.7 Å². The molecule has 0 bridgehead atoms. The predicted molar refractivity (Wildman–Crippen MR) is 72.7 cm³/mol. The Morgan fingerprint density at radius 2 is 1.95 bits per heavy atom. The molecule has 0 spiro atoms. The molecule has 0 saturated carbocycles. The second-order valence-corrected chi connectivity index (χ2v) is 4.72. The molecule has 0 amide bonds. The fourth-order valence-electron chi connectivity index (χ4n) is 2.15. The first-order valence-electron chi connectivity index (χ1n) is 6.44. The monoisotopic (exact) mass is 274 g/mol.